The molecule has 0 aliphatic rings. The van der Waals surface area contributed by atoms with E-state index in [-0.39, 0.29) is 6.04 Å². The predicted octanol–water partition coefficient (Wildman–Crippen LogP) is 2.42. The van der Waals surface area contributed by atoms with E-state index >= 15 is 0 Å². The average molecular weight is 200 g/mol. The Labute approximate surface area is 85.5 Å². The molecule has 4 nitrogen and oxygen atoms in total. The van der Waals surface area contributed by atoms with Crippen LogP contribution in [0.1, 0.15) is 40.0 Å². The summed E-state index contributed by atoms with van der Waals surface area (Å²) in [6, 6.07) is -0.358. The van der Waals surface area contributed by atoms with Gasteiger partial charge in [-0.25, -0.2) is 0 Å². The fraction of sp³-hybridized carbons (Fsp3) is 0.800. The summed E-state index contributed by atoms with van der Waals surface area (Å²) in [7, 11) is 0. The minimum Gasteiger partial charge on any atom is -0.595 e. The van der Waals surface area contributed by atoms with Gasteiger partial charge < -0.3 is 10.3 Å². The molecule has 0 amide bonds. The van der Waals surface area contributed by atoms with Gasteiger partial charge in [0.25, 0.3) is 0 Å². The maximum atomic E-state index is 11.1. The van der Waals surface area contributed by atoms with Crippen molar-refractivity contribution in [3.8, 4) is 0 Å². The summed E-state index contributed by atoms with van der Waals surface area (Å²) in [4.78, 5) is 0.521. The highest BCUT2D eigenvalue weighted by Crippen LogP contribution is 1.99. The molecule has 0 aliphatic heterocycles. The summed E-state index contributed by atoms with van der Waals surface area (Å²) in [5.41, 5.74) is 0. The molecule has 0 aliphatic carbocycles. The summed E-state index contributed by atoms with van der Waals surface area (Å²) in [6.07, 6.45) is 5.70. The molecule has 1 N–H and O–H groups in total. The number of aliphatic hydroxyl groups excluding tert-OH is 1. The molecule has 0 spiro atoms. The molecule has 0 saturated carbocycles. The Hall–Kier alpha value is -0.900. The lowest BCUT2D eigenvalue weighted by Crippen LogP contribution is -2.18. The van der Waals surface area contributed by atoms with Crippen LogP contribution in [0.25, 0.3) is 0 Å². The second kappa shape index (κ2) is 7.50. The van der Waals surface area contributed by atoms with Crippen molar-refractivity contribution in [2.75, 3.05) is 0 Å². The van der Waals surface area contributed by atoms with Gasteiger partial charge in [0.15, 0.2) is 0 Å². The van der Waals surface area contributed by atoms with Gasteiger partial charge in [0.05, 0.1) is 6.10 Å². The molecule has 82 valence electrons. The quantitative estimate of drug-likeness (QED) is 0.310. The third kappa shape index (κ3) is 6.60. The Morgan fingerprint density at radius 3 is 2.64 bits per heavy atom. The van der Waals surface area contributed by atoms with E-state index in [1.807, 2.05) is 0 Å². The Bertz CT molecular complexity index is 200. The summed E-state index contributed by atoms with van der Waals surface area (Å²) in [5, 5.41) is 23.9. The predicted molar refractivity (Wildman–Crippen MR) is 55.9 cm³/mol. The van der Waals surface area contributed by atoms with E-state index in [4.69, 9.17) is 5.11 Å². The van der Waals surface area contributed by atoms with Crippen LogP contribution in [0.5, 0.6) is 0 Å². The highest BCUT2D eigenvalue weighted by Gasteiger charge is 2.09. The molecule has 0 rings (SSSR count). The van der Waals surface area contributed by atoms with Gasteiger partial charge in [0.1, 0.15) is 6.04 Å². The number of rotatable bonds is 6. The summed E-state index contributed by atoms with van der Waals surface area (Å²) in [5.74, 6) is 0. The van der Waals surface area contributed by atoms with Crippen LogP contribution in [-0.4, -0.2) is 22.1 Å². The van der Waals surface area contributed by atoms with E-state index in [2.05, 4.69) is 12.0 Å². The van der Waals surface area contributed by atoms with Gasteiger partial charge in [-0.2, -0.15) is 0 Å². The fourth-order valence-corrected chi connectivity index (χ4v) is 0.801. The van der Waals surface area contributed by atoms with Gasteiger partial charge in [-0.1, -0.05) is 18.2 Å². The van der Waals surface area contributed by atoms with Gasteiger partial charge in [0, 0.05) is 0 Å². The first-order chi connectivity index (χ1) is 6.57. The van der Waals surface area contributed by atoms with Gasteiger partial charge in [-0.3, -0.25) is 0 Å². The van der Waals surface area contributed by atoms with Crippen molar-refractivity contribution < 1.29 is 9.97 Å². The Balaban J connectivity index is 3.93. The molecular weight excluding hydrogens is 180 g/mol. The molecule has 4 heteroatoms. The van der Waals surface area contributed by atoms with Crippen LogP contribution in [0, 0.1) is 5.21 Å². The molecule has 0 bridgehead atoms. The van der Waals surface area contributed by atoms with E-state index < -0.39 is 6.10 Å². The van der Waals surface area contributed by atoms with E-state index in [9.17, 15) is 5.21 Å². The fourth-order valence-electron chi connectivity index (χ4n) is 0.801. The number of hydroxylamine groups is 1. The average Bonchev–Trinajstić information content (AvgIpc) is 2.12. The van der Waals surface area contributed by atoms with E-state index in [1.54, 1.807) is 19.9 Å². The van der Waals surface area contributed by atoms with Crippen LogP contribution in [0.4, 0.5) is 0 Å². The zero-order chi connectivity index (χ0) is 11.0. The second-order valence-corrected chi connectivity index (χ2v) is 3.43. The molecule has 0 radical (unpaired) electrons. The number of allylic oxidation sites excluding steroid dienone is 1. The lowest BCUT2D eigenvalue weighted by atomic mass is 10.2. The van der Waals surface area contributed by atoms with Crippen molar-refractivity contribution in [3.05, 3.63) is 17.5 Å². The van der Waals surface area contributed by atoms with Gasteiger partial charge in [-0.05, 0) is 37.9 Å². The van der Waals surface area contributed by atoms with Crippen molar-refractivity contribution in [1.29, 1.82) is 0 Å². The SMILES string of the molecule is CCCC/C=C\[N+]([O-])=N[C@H](C)[C@H](C)O. The first kappa shape index (κ1) is 13.1. The summed E-state index contributed by atoms with van der Waals surface area (Å²) >= 11 is 0. The number of hydrogen-bond donors (Lipinski definition) is 1. The Kier molecular flexibility index (Phi) is 7.02. The number of unbranched alkanes of at least 4 members (excludes halogenated alkanes) is 2. The van der Waals surface area contributed by atoms with Gasteiger partial charge >= 0.3 is 0 Å². The van der Waals surface area contributed by atoms with Crippen LogP contribution >= 0.6 is 0 Å². The number of hydrogen-bond acceptors (Lipinski definition) is 3. The monoisotopic (exact) mass is 200 g/mol. The van der Waals surface area contributed by atoms with Crippen molar-refractivity contribution in [2.24, 2.45) is 5.11 Å². The van der Waals surface area contributed by atoms with Crippen LogP contribution in [-0.2, 0) is 0 Å². The minimum absolute atomic E-state index is 0.358. The molecule has 0 aromatic heterocycles. The van der Waals surface area contributed by atoms with Crippen LogP contribution in [0.15, 0.2) is 17.4 Å². The Morgan fingerprint density at radius 2 is 2.14 bits per heavy atom. The number of azo groups is 1. The van der Waals surface area contributed by atoms with E-state index in [1.165, 1.54) is 6.20 Å². The maximum Gasteiger partial charge on any atom is 0.205 e. The molecular formula is C10H20N2O2. The molecule has 0 unspecified atom stereocenters. The first-order valence-corrected chi connectivity index (χ1v) is 5.09. The molecule has 0 aromatic rings. The summed E-state index contributed by atoms with van der Waals surface area (Å²) in [6.45, 7) is 5.42. The highest BCUT2D eigenvalue weighted by atomic mass is 16.5. The molecule has 2 atom stereocenters. The maximum absolute atomic E-state index is 11.1. The highest BCUT2D eigenvalue weighted by molar-refractivity contribution is 4.71. The first-order valence-electron chi connectivity index (χ1n) is 5.09. The normalized spacial score (nSPS) is 17.3. The number of nitrogens with zero attached hydrogens (tertiary/aromatic N) is 2. The Morgan fingerprint density at radius 1 is 1.50 bits per heavy atom. The zero-order valence-corrected chi connectivity index (χ0v) is 9.18. The largest absolute Gasteiger partial charge is 0.595 e. The summed E-state index contributed by atoms with van der Waals surface area (Å²) < 4.78 is 0. The molecule has 0 fully saturated rings. The van der Waals surface area contributed by atoms with E-state index in [0.717, 1.165) is 19.3 Å². The second-order valence-electron chi connectivity index (χ2n) is 3.43. The minimum atomic E-state index is -0.588. The smallest absolute Gasteiger partial charge is 0.205 e. The molecule has 14 heavy (non-hydrogen) atoms. The van der Waals surface area contributed by atoms with Crippen LogP contribution < -0.4 is 0 Å². The van der Waals surface area contributed by atoms with Crippen molar-refractivity contribution in [1.82, 2.24) is 0 Å². The third-order valence-electron chi connectivity index (χ3n) is 1.95. The number of aliphatic hydroxyl groups is 1. The molecule has 0 saturated heterocycles. The van der Waals surface area contributed by atoms with Gasteiger partial charge in [-0.15, -0.1) is 0 Å². The van der Waals surface area contributed by atoms with Crippen molar-refractivity contribution >= 4 is 0 Å². The van der Waals surface area contributed by atoms with Crippen LogP contribution in [0.2, 0.25) is 0 Å². The van der Waals surface area contributed by atoms with Crippen LogP contribution in [0.3, 0.4) is 0 Å². The lowest BCUT2D eigenvalue weighted by molar-refractivity contribution is -0.463. The van der Waals surface area contributed by atoms with Crippen molar-refractivity contribution in [2.45, 2.75) is 52.2 Å². The topological polar surface area (TPSA) is 58.7 Å². The zero-order valence-electron chi connectivity index (χ0n) is 9.18. The molecule has 0 heterocycles. The van der Waals surface area contributed by atoms with Crippen molar-refractivity contribution in [3.63, 3.8) is 0 Å². The van der Waals surface area contributed by atoms with E-state index in [0.29, 0.717) is 4.86 Å². The van der Waals surface area contributed by atoms with Gasteiger partial charge in [0.2, 0.25) is 6.20 Å². The lowest BCUT2D eigenvalue weighted by Gasteiger charge is -2.05. The standard InChI is InChI=1S/C10H20N2O2/c1-4-5-6-7-8-12(14)11-9(2)10(3)13/h7-10,13H,4-6H2,1-3H3/b8-7-,12-11?/t9-,10+/m1/s1. The molecule has 0 aromatic carbocycles. The third-order valence-corrected chi connectivity index (χ3v) is 1.95.